The Morgan fingerprint density at radius 1 is 1.14 bits per heavy atom. The minimum absolute atomic E-state index is 0.0527. The van der Waals surface area contributed by atoms with Gasteiger partial charge in [0.25, 0.3) is 15.6 Å². The third-order valence-electron chi connectivity index (χ3n) is 3.79. The molecule has 1 saturated heterocycles. The predicted octanol–water partition coefficient (Wildman–Crippen LogP) is -1.50. The van der Waals surface area contributed by atoms with E-state index in [0.29, 0.717) is 11.0 Å². The number of hydrogen-bond acceptors (Lipinski definition) is 13. The number of para-hydroxylation sites is 2. The number of fused-ring (bicyclic) bond motifs is 1. The van der Waals surface area contributed by atoms with E-state index in [0.717, 1.165) is 0 Å². The Labute approximate surface area is 163 Å². The summed E-state index contributed by atoms with van der Waals surface area (Å²) >= 11 is 0. The van der Waals surface area contributed by atoms with Gasteiger partial charge in [-0.1, -0.05) is 12.1 Å². The van der Waals surface area contributed by atoms with Crippen molar-refractivity contribution in [2.45, 2.75) is 24.9 Å². The molecule has 3 rings (SSSR count). The average molecular weight is 470 g/mol. The molecule has 162 valence electrons. The van der Waals surface area contributed by atoms with Crippen LogP contribution in [0.15, 0.2) is 30.6 Å². The molecule has 0 saturated carbocycles. The lowest BCUT2D eigenvalue weighted by molar-refractivity contribution is -0.339. The Morgan fingerprint density at radius 2 is 1.83 bits per heavy atom. The van der Waals surface area contributed by atoms with E-state index in [1.807, 2.05) is 0 Å². The standard InChI is InChI=1S/C12H17N2O12P3/c15-10-5-12(14-7-13-8-3-1-2-4-9(8)14)24-11(10)6-23-28(19,20)26-29(21,22)25-27(16,17)18/h1-4,7,10-12,15H,5-6H2,(H,19,20)(H,21,22)(H2,16,17,18)/p-4. The molecule has 5 unspecified atom stereocenters. The van der Waals surface area contributed by atoms with E-state index in [9.17, 15) is 38.4 Å². The van der Waals surface area contributed by atoms with E-state index in [1.165, 1.54) is 6.33 Å². The Hall–Kier alpha value is -0.980. The van der Waals surface area contributed by atoms with Crippen LogP contribution in [0.25, 0.3) is 11.0 Å². The Bertz CT molecular complexity index is 1020. The fraction of sp³-hybridized carbons (Fsp3) is 0.417. The topological polar surface area (TPSA) is 218 Å². The van der Waals surface area contributed by atoms with Crippen molar-refractivity contribution in [3.63, 3.8) is 0 Å². The van der Waals surface area contributed by atoms with E-state index >= 15 is 0 Å². The van der Waals surface area contributed by atoms with Gasteiger partial charge in [0.1, 0.15) is 12.3 Å². The first kappa shape index (κ1) is 22.7. The Balaban J connectivity index is 1.61. The van der Waals surface area contributed by atoms with Crippen LogP contribution in [0.2, 0.25) is 0 Å². The van der Waals surface area contributed by atoms with Gasteiger partial charge >= 0.3 is 0 Å². The quantitative estimate of drug-likeness (QED) is 0.435. The van der Waals surface area contributed by atoms with Crippen molar-refractivity contribution < 1.29 is 56.3 Å². The maximum absolute atomic E-state index is 11.6. The van der Waals surface area contributed by atoms with Crippen LogP contribution in [-0.2, 0) is 31.6 Å². The second-order valence-corrected chi connectivity index (χ2v) is 10.1. The van der Waals surface area contributed by atoms with Gasteiger partial charge in [0, 0.05) is 6.42 Å². The molecule has 5 atom stereocenters. The molecular weight excluding hydrogens is 457 g/mol. The van der Waals surface area contributed by atoms with E-state index in [2.05, 4.69) is 18.1 Å². The molecule has 0 amide bonds. The first-order chi connectivity index (χ1) is 13.4. The lowest BCUT2D eigenvalue weighted by Gasteiger charge is -2.37. The van der Waals surface area contributed by atoms with Gasteiger partial charge < -0.3 is 43.1 Å². The van der Waals surface area contributed by atoms with Crippen molar-refractivity contribution in [3.05, 3.63) is 30.6 Å². The van der Waals surface area contributed by atoms with E-state index in [1.54, 1.807) is 28.8 Å². The van der Waals surface area contributed by atoms with Crippen LogP contribution < -0.4 is 19.6 Å². The molecule has 1 aliphatic heterocycles. The number of rotatable bonds is 8. The summed E-state index contributed by atoms with van der Waals surface area (Å²) in [5, 5.41) is 10.1. The van der Waals surface area contributed by atoms with Crippen molar-refractivity contribution in [1.29, 1.82) is 0 Å². The van der Waals surface area contributed by atoms with Gasteiger partial charge in [-0.3, -0.25) is 13.4 Å². The summed E-state index contributed by atoms with van der Waals surface area (Å²) in [6, 6.07) is 7.07. The molecule has 1 aromatic heterocycles. The molecule has 0 aliphatic carbocycles. The molecule has 0 radical (unpaired) electrons. The smallest absolute Gasteiger partial charge is 0.278 e. The number of aliphatic hydroxyl groups excluding tert-OH is 1. The predicted molar refractivity (Wildman–Crippen MR) is 85.2 cm³/mol. The molecule has 1 aliphatic rings. The highest BCUT2D eigenvalue weighted by Crippen LogP contribution is 2.60. The van der Waals surface area contributed by atoms with Gasteiger partial charge in [-0.05, 0) is 12.1 Å². The average Bonchev–Trinajstić information content (AvgIpc) is 3.13. The highest BCUT2D eigenvalue weighted by Gasteiger charge is 2.36. The molecule has 1 fully saturated rings. The summed E-state index contributed by atoms with van der Waals surface area (Å²) in [5.74, 6) is 0. The molecule has 17 heteroatoms. The summed E-state index contributed by atoms with van der Waals surface area (Å²) in [4.78, 5) is 47.4. The van der Waals surface area contributed by atoms with Crippen LogP contribution >= 0.6 is 23.5 Å². The van der Waals surface area contributed by atoms with Gasteiger partial charge in [0.15, 0.2) is 0 Å². The molecule has 0 spiro atoms. The van der Waals surface area contributed by atoms with Crippen LogP contribution in [0.4, 0.5) is 0 Å². The number of aromatic nitrogens is 2. The van der Waals surface area contributed by atoms with Crippen LogP contribution in [0.5, 0.6) is 0 Å². The van der Waals surface area contributed by atoms with E-state index in [-0.39, 0.29) is 6.42 Å². The van der Waals surface area contributed by atoms with E-state index < -0.39 is 48.5 Å². The fourth-order valence-corrected chi connectivity index (χ4v) is 5.56. The molecule has 14 nitrogen and oxygen atoms in total. The Kier molecular flexibility index (Phi) is 6.48. The zero-order valence-corrected chi connectivity index (χ0v) is 16.9. The van der Waals surface area contributed by atoms with Crippen molar-refractivity contribution in [3.8, 4) is 0 Å². The van der Waals surface area contributed by atoms with Gasteiger partial charge in [-0.25, -0.2) is 9.29 Å². The van der Waals surface area contributed by atoms with Crippen LogP contribution in [-0.4, -0.2) is 33.5 Å². The summed E-state index contributed by atoms with van der Waals surface area (Å²) in [6.45, 7) is -0.850. The molecule has 2 aromatic rings. The lowest BCUT2D eigenvalue weighted by Crippen LogP contribution is -2.27. The van der Waals surface area contributed by atoms with Crippen LogP contribution in [0, 0.1) is 0 Å². The molecule has 2 heterocycles. The number of nitrogens with zero attached hydrogens (tertiary/aromatic N) is 2. The zero-order valence-electron chi connectivity index (χ0n) is 14.2. The molecule has 1 aromatic carbocycles. The van der Waals surface area contributed by atoms with Crippen molar-refractivity contribution in [2.24, 2.45) is 0 Å². The highest BCUT2D eigenvalue weighted by atomic mass is 31.3. The van der Waals surface area contributed by atoms with Gasteiger partial charge in [0.05, 0.1) is 37.9 Å². The lowest BCUT2D eigenvalue weighted by atomic mass is 10.2. The molecule has 29 heavy (non-hydrogen) atoms. The first-order valence-corrected chi connectivity index (χ1v) is 12.2. The molecule has 0 bridgehead atoms. The summed E-state index contributed by atoms with van der Waals surface area (Å²) < 4.78 is 51.0. The maximum atomic E-state index is 11.6. The highest BCUT2D eigenvalue weighted by molar-refractivity contribution is 7.64. The van der Waals surface area contributed by atoms with Gasteiger partial charge in [-0.15, -0.1) is 0 Å². The largest absolute Gasteiger partial charge is 0.790 e. The van der Waals surface area contributed by atoms with E-state index in [4.69, 9.17) is 4.74 Å². The number of ether oxygens (including phenoxy) is 1. The third-order valence-corrected chi connectivity index (χ3v) is 7.46. The third kappa shape index (κ3) is 6.02. The van der Waals surface area contributed by atoms with Crippen LogP contribution in [0.1, 0.15) is 12.6 Å². The van der Waals surface area contributed by atoms with Crippen molar-refractivity contribution >= 4 is 34.5 Å². The minimum atomic E-state index is -6.07. The monoisotopic (exact) mass is 470 g/mol. The first-order valence-electron chi connectivity index (χ1n) is 7.82. The second-order valence-electron chi connectivity index (χ2n) is 5.87. The fourth-order valence-electron chi connectivity index (χ4n) is 2.69. The second kappa shape index (κ2) is 8.27. The summed E-state index contributed by atoms with van der Waals surface area (Å²) in [7, 11) is -17.8. The summed E-state index contributed by atoms with van der Waals surface area (Å²) in [5.41, 5.74) is 1.37. The zero-order chi connectivity index (χ0) is 21.4. The number of hydrogen-bond donors (Lipinski definition) is 1. The van der Waals surface area contributed by atoms with Crippen molar-refractivity contribution in [2.75, 3.05) is 6.61 Å². The van der Waals surface area contributed by atoms with Crippen molar-refractivity contribution in [1.82, 2.24) is 9.55 Å². The van der Waals surface area contributed by atoms with Crippen LogP contribution in [0.3, 0.4) is 0 Å². The number of aliphatic hydroxyl groups is 1. The van der Waals surface area contributed by atoms with Gasteiger partial charge in [-0.2, -0.15) is 0 Å². The number of benzene rings is 1. The normalized spacial score (nSPS) is 27.0. The molecular formula is C12H13N2O12P3-4. The molecule has 1 N–H and O–H groups in total. The number of phosphoric ester groups is 1. The SMILES string of the molecule is O=P([O-])([O-])OP(=O)([O-])OP(=O)([O-])OCC1OC(n2cnc3ccccc32)CC1O. The summed E-state index contributed by atoms with van der Waals surface area (Å²) in [6.07, 6.45) is -1.55. The Morgan fingerprint density at radius 3 is 2.52 bits per heavy atom. The minimum Gasteiger partial charge on any atom is -0.790 e. The number of phosphoric acid groups is 3. The maximum Gasteiger partial charge on any atom is 0.278 e. The van der Waals surface area contributed by atoms with Gasteiger partial charge in [0.2, 0.25) is 0 Å². The number of imidazole rings is 1.